The average Bonchev–Trinajstić information content (AvgIpc) is 0. The fourth-order valence-corrected chi connectivity index (χ4v) is 0. The van der Waals surface area contributed by atoms with Crippen molar-refractivity contribution in [2.24, 2.45) is 0 Å². The van der Waals surface area contributed by atoms with Gasteiger partial charge in [0.1, 0.15) is 0 Å². The molecule has 0 aromatic rings. The molecular formula is HCeCoCuTiZr+. The summed E-state index contributed by atoms with van der Waals surface area (Å²) >= 11 is 0. The van der Waals surface area contributed by atoms with Crippen molar-refractivity contribution < 1.29 is 125 Å². The minimum absolute atomic E-state index is 0. The van der Waals surface area contributed by atoms with Crippen LogP contribution in [-0.4, -0.2) is 0 Å². The van der Waals surface area contributed by atoms with Crippen LogP contribution in [0, 0.1) is 41.7 Å². The van der Waals surface area contributed by atoms with Gasteiger partial charge in [0.2, 0.25) is 0 Å². The summed E-state index contributed by atoms with van der Waals surface area (Å²) in [7, 11) is 0. The van der Waals surface area contributed by atoms with Gasteiger partial charge in [-0.25, -0.2) is 0 Å². The third kappa shape index (κ3) is 18.0. The Kier molecular flexibility index (Phi) is 176. The molecule has 0 aliphatic rings. The molecule has 0 nitrogen and oxygen atoms in total. The van der Waals surface area contributed by atoms with Crippen molar-refractivity contribution in [1.82, 2.24) is 0 Å². The van der Waals surface area contributed by atoms with E-state index in [0.717, 1.165) is 0 Å². The molecule has 0 amide bonds. The molecule has 0 fully saturated rings. The van der Waals surface area contributed by atoms with Gasteiger partial charge in [-0.1, -0.05) is 0 Å². The first-order valence-corrected chi connectivity index (χ1v) is 0. The van der Waals surface area contributed by atoms with Gasteiger partial charge in [0.25, 0.3) is 0 Å². The van der Waals surface area contributed by atoms with E-state index >= 15 is 0 Å². The molecule has 0 atom stereocenters. The molecule has 0 rings (SSSR count). The van der Waals surface area contributed by atoms with Gasteiger partial charge in [0.15, 0.2) is 0 Å². The summed E-state index contributed by atoms with van der Waals surface area (Å²) in [6.07, 6.45) is 0. The van der Waals surface area contributed by atoms with Gasteiger partial charge in [0, 0.05) is 124 Å². The summed E-state index contributed by atoms with van der Waals surface area (Å²) in [5.41, 5.74) is 0. The van der Waals surface area contributed by atoms with Gasteiger partial charge < -0.3 is 0 Å². The molecule has 0 aliphatic carbocycles. The smallest absolute Gasteiger partial charge is 0 e. The van der Waals surface area contributed by atoms with E-state index < -0.39 is 0 Å². The van der Waals surface area contributed by atoms with E-state index in [-0.39, 0.29) is 125 Å². The molecule has 0 spiro atoms. The van der Waals surface area contributed by atoms with Crippen LogP contribution in [0.2, 0.25) is 0 Å². The van der Waals surface area contributed by atoms with Crippen molar-refractivity contribution in [3.8, 4) is 0 Å². The molecular weight excluding hydrogens is 402 g/mol. The zero-order valence-corrected chi connectivity index (χ0v) is 11.3. The molecule has 0 saturated heterocycles. The minimum atomic E-state index is 0. The molecule has 0 aromatic heterocycles. The first kappa shape index (κ1) is 36.0. The fraction of sp³-hybridized carbons (Fsp3) is 0. The Balaban J connectivity index is 0. The average molecular weight is 403 g/mol. The summed E-state index contributed by atoms with van der Waals surface area (Å²) in [6.45, 7) is 0. The quantitative estimate of drug-likeness (QED) is 0.504. The Morgan fingerprint density at radius 1 is 1.20 bits per heavy atom. The standard InChI is InChI=1S/Ce.Co.Cu.Ti.Zr/p+1. The molecule has 0 unspecified atom stereocenters. The van der Waals surface area contributed by atoms with E-state index in [1.807, 2.05) is 0 Å². The molecule has 0 aliphatic heterocycles. The Bertz CT molecular complexity index is 15.5. The van der Waals surface area contributed by atoms with Crippen LogP contribution >= 0.6 is 0 Å². The Hall–Kier alpha value is 4.00. The Morgan fingerprint density at radius 2 is 1.20 bits per heavy atom. The van der Waals surface area contributed by atoms with Crippen LogP contribution in [0.5, 0.6) is 0 Å². The monoisotopic (exact) mass is 401 g/mol. The van der Waals surface area contributed by atoms with E-state index in [9.17, 15) is 0 Å². The van der Waals surface area contributed by atoms with E-state index in [4.69, 9.17) is 0 Å². The predicted molar refractivity (Wildman–Crippen MR) is 1.11 cm³/mol. The fourth-order valence-electron chi connectivity index (χ4n) is 0. The predicted octanol–water partition coefficient (Wildman–Crippen LogP) is 0.102. The normalized spacial score (nSPS) is 0. The number of hydrogen-bond acceptors (Lipinski definition) is 0. The van der Waals surface area contributed by atoms with Crippen molar-refractivity contribution in [3.05, 3.63) is 0 Å². The third-order valence-electron chi connectivity index (χ3n) is 0. The van der Waals surface area contributed by atoms with E-state index in [1.54, 1.807) is 0 Å². The van der Waals surface area contributed by atoms with Crippen LogP contribution in [-0.2, 0) is 81.8 Å². The van der Waals surface area contributed by atoms with Crippen molar-refractivity contribution in [2.45, 2.75) is 0 Å². The van der Waals surface area contributed by atoms with Crippen LogP contribution < -0.4 is 0 Å². The minimum Gasteiger partial charge on any atom is 0 e. The Labute approximate surface area is 122 Å². The van der Waals surface area contributed by atoms with Crippen molar-refractivity contribution in [1.29, 1.82) is 0 Å². The molecule has 0 N–H and O–H groups in total. The van der Waals surface area contributed by atoms with E-state index in [0.29, 0.717) is 0 Å². The second-order valence-corrected chi connectivity index (χ2v) is 0. The summed E-state index contributed by atoms with van der Waals surface area (Å²) < 4.78 is 0. The number of rotatable bonds is 0. The van der Waals surface area contributed by atoms with Crippen LogP contribution in [0.15, 0.2) is 0 Å². The topological polar surface area (TPSA) is 0 Å². The summed E-state index contributed by atoms with van der Waals surface area (Å²) in [5.74, 6) is 0. The van der Waals surface area contributed by atoms with Crippen molar-refractivity contribution >= 4 is 0 Å². The first-order chi connectivity index (χ1) is 0. The van der Waals surface area contributed by atoms with E-state index in [1.165, 1.54) is 0 Å². The SMILES string of the molecule is [Ce].[Co].[Cu].[H+].[Ti].[Zr]. The van der Waals surface area contributed by atoms with Crippen LogP contribution in [0.4, 0.5) is 0 Å². The zero-order chi connectivity index (χ0) is 0. The molecule has 0 saturated carbocycles. The van der Waals surface area contributed by atoms with Gasteiger partial charge in [-0.15, -0.1) is 0 Å². The summed E-state index contributed by atoms with van der Waals surface area (Å²) in [4.78, 5) is 0. The molecule has 0 heterocycles. The Morgan fingerprint density at radius 3 is 1.20 bits per heavy atom. The summed E-state index contributed by atoms with van der Waals surface area (Å²) in [6, 6.07) is 0. The van der Waals surface area contributed by atoms with Gasteiger partial charge in [-0.3, -0.25) is 0 Å². The maximum absolute atomic E-state index is 0. The van der Waals surface area contributed by atoms with Crippen LogP contribution in [0.3, 0.4) is 0 Å². The maximum Gasteiger partial charge on any atom is 1.00 e. The van der Waals surface area contributed by atoms with Gasteiger partial charge in [-0.2, -0.15) is 0 Å². The second kappa shape index (κ2) is 24.5. The molecule has 5 heavy (non-hydrogen) atoms. The largest absolute Gasteiger partial charge is 1.00 e. The van der Waals surface area contributed by atoms with Gasteiger partial charge in [0.05, 0.1) is 0 Å². The van der Waals surface area contributed by atoms with Crippen molar-refractivity contribution in [2.75, 3.05) is 0 Å². The number of hydrogen-bond donors (Lipinski definition) is 0. The van der Waals surface area contributed by atoms with E-state index in [2.05, 4.69) is 0 Å². The second-order valence-electron chi connectivity index (χ2n) is 0. The summed E-state index contributed by atoms with van der Waals surface area (Å²) in [5, 5.41) is 0. The molecule has 2 radical (unpaired) electrons. The maximum atomic E-state index is 0. The van der Waals surface area contributed by atoms with Crippen molar-refractivity contribution in [3.63, 3.8) is 0 Å². The third-order valence-corrected chi connectivity index (χ3v) is 0. The van der Waals surface area contributed by atoms with Gasteiger partial charge >= 0.3 is 1.43 Å². The molecule has 5 heteroatoms. The zero-order valence-electron chi connectivity index (χ0n) is 3.13. The molecule has 0 bridgehead atoms. The van der Waals surface area contributed by atoms with Gasteiger partial charge in [-0.05, 0) is 0 Å². The first-order valence-electron chi connectivity index (χ1n) is 0. The van der Waals surface area contributed by atoms with Crippen LogP contribution in [0.25, 0.3) is 0 Å². The molecule has 32 valence electrons. The molecule has 0 aromatic carbocycles. The van der Waals surface area contributed by atoms with Crippen LogP contribution in [0.1, 0.15) is 1.43 Å².